The number of aromatic nitrogens is 2. The fourth-order valence-electron chi connectivity index (χ4n) is 3.73. The van der Waals surface area contributed by atoms with E-state index in [1.807, 2.05) is 24.3 Å². The van der Waals surface area contributed by atoms with Crippen molar-refractivity contribution in [2.45, 2.75) is 47.0 Å². The average molecular weight is 547 g/mol. The van der Waals surface area contributed by atoms with Gasteiger partial charge in [-0.15, -0.1) is 0 Å². The Balaban J connectivity index is 0.000000246. The van der Waals surface area contributed by atoms with Gasteiger partial charge in [-0.05, 0) is 46.7 Å². The summed E-state index contributed by atoms with van der Waals surface area (Å²) in [4.78, 5) is 21.0. The smallest absolute Gasteiger partial charge is 0.410 e. The molecule has 3 heterocycles. The van der Waals surface area contributed by atoms with E-state index in [0.717, 1.165) is 5.56 Å². The number of hydrogen-bond acceptors (Lipinski definition) is 7. The lowest BCUT2D eigenvalue weighted by Gasteiger charge is -2.31. The molecule has 0 radical (unpaired) electrons. The normalized spacial score (nSPS) is 13.9. The van der Waals surface area contributed by atoms with Crippen molar-refractivity contribution in [3.8, 4) is 24.0 Å². The number of carbonyl (C=O) groups is 1. The molecule has 0 spiro atoms. The predicted octanol–water partition coefficient (Wildman–Crippen LogP) is 7.29. The maximum Gasteiger partial charge on any atom is 0.423 e. The van der Waals surface area contributed by atoms with Crippen molar-refractivity contribution in [1.82, 2.24) is 14.9 Å². The maximum atomic E-state index is 12.1. The number of nitrogens with zero attached hydrogens (tertiary/aromatic N) is 6. The summed E-state index contributed by atoms with van der Waals surface area (Å²) in [5.74, 6) is 0.462. The molecule has 0 saturated carbocycles. The first kappa shape index (κ1) is 32.0. The Bertz CT molecular complexity index is 1480. The average Bonchev–Trinajstić information content (AvgIpc) is 2.97. The van der Waals surface area contributed by atoms with Crippen LogP contribution in [-0.4, -0.2) is 21.0 Å². The van der Waals surface area contributed by atoms with E-state index in [2.05, 4.69) is 63.6 Å². The van der Waals surface area contributed by atoms with E-state index in [4.69, 9.17) is 15.3 Å². The molecule has 1 atom stereocenters. The third-order valence-electron chi connectivity index (χ3n) is 5.81. The highest BCUT2D eigenvalue weighted by Crippen LogP contribution is 2.35. The van der Waals surface area contributed by atoms with Gasteiger partial charge in [0, 0.05) is 43.1 Å². The first-order valence-electron chi connectivity index (χ1n) is 12.9. The number of para-hydroxylation sites is 1. The van der Waals surface area contributed by atoms with Gasteiger partial charge in [0.2, 0.25) is 0 Å². The maximum absolute atomic E-state index is 12.1. The fraction of sp³-hybridized carbons (Fsp3) is 0.273. The largest absolute Gasteiger partial charge is 0.423 e. The molecule has 0 bridgehead atoms. The Hall–Kier alpha value is -5.26. The highest BCUT2D eigenvalue weighted by Gasteiger charge is 2.30. The van der Waals surface area contributed by atoms with E-state index in [0.29, 0.717) is 22.4 Å². The van der Waals surface area contributed by atoms with Crippen LogP contribution in [0.2, 0.25) is 0 Å². The van der Waals surface area contributed by atoms with Crippen LogP contribution in [0, 0.1) is 45.3 Å². The molecule has 8 heteroatoms. The van der Waals surface area contributed by atoms with Crippen LogP contribution in [0.15, 0.2) is 97.4 Å². The predicted molar refractivity (Wildman–Crippen MR) is 157 cm³/mol. The number of rotatable bonds is 1. The Morgan fingerprint density at radius 2 is 1.54 bits per heavy atom. The van der Waals surface area contributed by atoms with E-state index in [9.17, 15) is 10.1 Å². The molecule has 0 fully saturated rings. The lowest BCUT2D eigenvalue weighted by Crippen LogP contribution is -2.30. The van der Waals surface area contributed by atoms with Gasteiger partial charge in [0.15, 0.2) is 0 Å². The van der Waals surface area contributed by atoms with Crippen molar-refractivity contribution < 1.29 is 9.53 Å². The molecule has 3 aromatic rings. The molecule has 1 aliphatic rings. The molecule has 2 aromatic heterocycles. The van der Waals surface area contributed by atoms with E-state index < -0.39 is 6.09 Å². The van der Waals surface area contributed by atoms with E-state index in [1.165, 1.54) is 11.1 Å². The first-order chi connectivity index (χ1) is 19.4. The number of benzene rings is 1. The van der Waals surface area contributed by atoms with Crippen LogP contribution in [0.5, 0.6) is 5.75 Å². The number of carbonyl (C=O) groups excluding carboxylic acids is 1. The zero-order valence-corrected chi connectivity index (χ0v) is 24.2. The second-order valence-corrected chi connectivity index (χ2v) is 11.1. The minimum atomic E-state index is -0.530. The highest BCUT2D eigenvalue weighted by atomic mass is 16.6. The number of amides is 1. The van der Waals surface area contributed by atoms with Crippen molar-refractivity contribution >= 4 is 6.09 Å². The highest BCUT2D eigenvalue weighted by molar-refractivity contribution is 5.73. The van der Waals surface area contributed by atoms with E-state index in [1.54, 1.807) is 67.4 Å². The monoisotopic (exact) mass is 546 g/mol. The Morgan fingerprint density at radius 1 is 0.854 bits per heavy atom. The van der Waals surface area contributed by atoms with Crippen molar-refractivity contribution in [3.63, 3.8) is 0 Å². The summed E-state index contributed by atoms with van der Waals surface area (Å²) in [6, 6.07) is 20.5. The lowest BCUT2D eigenvalue weighted by molar-refractivity contribution is 0.180. The van der Waals surface area contributed by atoms with Crippen LogP contribution in [0.1, 0.15) is 58.2 Å². The standard InChI is InChI=1S/C17H18N2O2.C10H12N2.C6H4N2/c1-17(2,3)15-9-10-19(12-13(15)11-18)16(20)21-14-7-5-4-6-8-14;1-10(2,3)9-4-5-12-7-8(9)6-11;7-4-6-2-1-3-8-5-6/h4-10,12,15H,1-3H3;4-5,7H,1-3H3;1-3,5H. The number of pyridine rings is 2. The van der Waals surface area contributed by atoms with Crippen molar-refractivity contribution in [2.75, 3.05) is 0 Å². The van der Waals surface area contributed by atoms with Crippen molar-refractivity contribution in [3.05, 3.63) is 114 Å². The van der Waals surface area contributed by atoms with Crippen LogP contribution >= 0.6 is 0 Å². The lowest BCUT2D eigenvalue weighted by atomic mass is 9.76. The second kappa shape index (κ2) is 14.8. The molecule has 4 rings (SSSR count). The molecule has 1 amide bonds. The molecule has 0 saturated heterocycles. The molecular formula is C33H34N6O2. The van der Waals surface area contributed by atoms with Gasteiger partial charge in [0.05, 0.1) is 22.8 Å². The van der Waals surface area contributed by atoms with Crippen LogP contribution in [0.3, 0.4) is 0 Å². The van der Waals surface area contributed by atoms with Gasteiger partial charge < -0.3 is 4.74 Å². The van der Waals surface area contributed by atoms with Gasteiger partial charge in [0.25, 0.3) is 0 Å². The molecule has 8 nitrogen and oxygen atoms in total. The van der Waals surface area contributed by atoms with E-state index >= 15 is 0 Å². The first-order valence-corrected chi connectivity index (χ1v) is 12.9. The summed E-state index contributed by atoms with van der Waals surface area (Å²) in [5.41, 5.74) is 2.83. The molecule has 0 N–H and O–H groups in total. The summed E-state index contributed by atoms with van der Waals surface area (Å²) in [5, 5.41) is 26.3. The summed E-state index contributed by atoms with van der Waals surface area (Å²) >= 11 is 0. The van der Waals surface area contributed by atoms with Crippen molar-refractivity contribution in [2.24, 2.45) is 11.3 Å². The SMILES string of the molecule is CC(C)(C)C1C=CN(C(=O)Oc2ccccc2)C=C1C#N.CC(C)(C)c1ccncc1C#N.N#Cc1cccnc1. The summed E-state index contributed by atoms with van der Waals surface area (Å²) in [6.45, 7) is 12.4. The molecule has 1 aliphatic heterocycles. The minimum absolute atomic E-state index is 0.0109. The number of hydrogen-bond donors (Lipinski definition) is 0. The fourth-order valence-corrected chi connectivity index (χ4v) is 3.73. The van der Waals surface area contributed by atoms with Crippen LogP contribution < -0.4 is 4.74 Å². The Labute approximate surface area is 242 Å². The Morgan fingerprint density at radius 3 is 2.02 bits per heavy atom. The van der Waals surface area contributed by atoms with Gasteiger partial charge in [-0.25, -0.2) is 4.79 Å². The van der Waals surface area contributed by atoms with Gasteiger partial charge in [0.1, 0.15) is 17.9 Å². The van der Waals surface area contributed by atoms with Crippen LogP contribution in [0.4, 0.5) is 4.79 Å². The summed E-state index contributed by atoms with van der Waals surface area (Å²) < 4.78 is 5.25. The summed E-state index contributed by atoms with van der Waals surface area (Å²) in [6.07, 6.45) is 11.0. The van der Waals surface area contributed by atoms with Crippen LogP contribution in [0.25, 0.3) is 0 Å². The molecule has 1 unspecified atom stereocenters. The molecule has 41 heavy (non-hydrogen) atoms. The summed E-state index contributed by atoms with van der Waals surface area (Å²) in [7, 11) is 0. The molecule has 208 valence electrons. The topological polar surface area (TPSA) is 127 Å². The van der Waals surface area contributed by atoms with Gasteiger partial charge in [-0.2, -0.15) is 15.8 Å². The number of nitriles is 3. The third-order valence-corrected chi connectivity index (χ3v) is 5.81. The minimum Gasteiger partial charge on any atom is -0.410 e. The number of allylic oxidation sites excluding steroid dienone is 2. The molecule has 1 aromatic carbocycles. The quantitative estimate of drug-likeness (QED) is 0.313. The zero-order chi connectivity index (χ0) is 30.5. The number of ether oxygens (including phenoxy) is 1. The van der Waals surface area contributed by atoms with Gasteiger partial charge in [-0.3, -0.25) is 14.9 Å². The Kier molecular flexibility index (Phi) is 11.5. The zero-order valence-electron chi connectivity index (χ0n) is 24.2. The van der Waals surface area contributed by atoms with Gasteiger partial charge >= 0.3 is 6.09 Å². The van der Waals surface area contributed by atoms with E-state index in [-0.39, 0.29) is 16.7 Å². The second-order valence-electron chi connectivity index (χ2n) is 11.1. The molecule has 0 aliphatic carbocycles. The third kappa shape index (κ3) is 10.1. The van der Waals surface area contributed by atoms with Gasteiger partial charge in [-0.1, -0.05) is 65.8 Å². The molecular weight excluding hydrogens is 512 g/mol. The van der Waals surface area contributed by atoms with Crippen LogP contribution in [-0.2, 0) is 5.41 Å². The van der Waals surface area contributed by atoms with Crippen molar-refractivity contribution in [1.29, 1.82) is 15.8 Å².